The number of hydrogen-bond acceptors (Lipinski definition) is 6. The van der Waals surface area contributed by atoms with E-state index in [1.54, 1.807) is 0 Å². The van der Waals surface area contributed by atoms with E-state index < -0.39 is 0 Å². The molecule has 3 fully saturated rings. The summed E-state index contributed by atoms with van der Waals surface area (Å²) in [7, 11) is 1.44. The van der Waals surface area contributed by atoms with Gasteiger partial charge in [0.25, 0.3) is 0 Å². The highest BCUT2D eigenvalue weighted by molar-refractivity contribution is 5.76. The van der Waals surface area contributed by atoms with E-state index in [-0.39, 0.29) is 17.6 Å². The number of esters is 1. The lowest BCUT2D eigenvalue weighted by molar-refractivity contribution is -0.163. The van der Waals surface area contributed by atoms with Crippen molar-refractivity contribution in [3.05, 3.63) is 0 Å². The Balaban J connectivity index is 1.70. The number of nitrogens with zero attached hydrogens (tertiary/aromatic N) is 1. The lowest BCUT2D eigenvalue weighted by Gasteiger charge is -2.45. The average molecular weight is 285 g/mol. The van der Waals surface area contributed by atoms with Gasteiger partial charge in [-0.3, -0.25) is 9.69 Å². The fourth-order valence-corrected chi connectivity index (χ4v) is 3.54. The summed E-state index contributed by atoms with van der Waals surface area (Å²) >= 11 is 0. The van der Waals surface area contributed by atoms with Gasteiger partial charge in [0.2, 0.25) is 0 Å². The summed E-state index contributed by atoms with van der Waals surface area (Å²) < 4.78 is 21.8. The Morgan fingerprint density at radius 1 is 1.30 bits per heavy atom. The van der Waals surface area contributed by atoms with Crippen LogP contribution in [0.4, 0.5) is 0 Å². The van der Waals surface area contributed by atoms with Gasteiger partial charge in [0.1, 0.15) is 6.04 Å². The first-order chi connectivity index (χ1) is 9.74. The van der Waals surface area contributed by atoms with Crippen LogP contribution < -0.4 is 0 Å². The van der Waals surface area contributed by atoms with E-state index in [1.807, 2.05) is 0 Å². The Bertz CT molecular complexity index is 355. The SMILES string of the molecule is COC(=O)C1COCCN1C1CCOC2(CCOC2)C1. The Labute approximate surface area is 119 Å². The van der Waals surface area contributed by atoms with E-state index in [4.69, 9.17) is 18.9 Å². The molecule has 20 heavy (non-hydrogen) atoms. The van der Waals surface area contributed by atoms with Crippen LogP contribution in [0.5, 0.6) is 0 Å². The fraction of sp³-hybridized carbons (Fsp3) is 0.929. The highest BCUT2D eigenvalue weighted by Crippen LogP contribution is 2.35. The van der Waals surface area contributed by atoms with Gasteiger partial charge in [0.05, 0.1) is 32.5 Å². The molecule has 3 atom stereocenters. The van der Waals surface area contributed by atoms with Crippen molar-refractivity contribution in [3.8, 4) is 0 Å². The van der Waals surface area contributed by atoms with Gasteiger partial charge >= 0.3 is 5.97 Å². The van der Waals surface area contributed by atoms with Gasteiger partial charge in [-0.2, -0.15) is 0 Å². The molecule has 0 amide bonds. The minimum absolute atomic E-state index is 0.137. The zero-order valence-corrected chi connectivity index (χ0v) is 12.0. The highest BCUT2D eigenvalue weighted by atomic mass is 16.6. The molecule has 0 aromatic rings. The van der Waals surface area contributed by atoms with Crippen LogP contribution in [0.2, 0.25) is 0 Å². The quantitative estimate of drug-likeness (QED) is 0.676. The van der Waals surface area contributed by atoms with E-state index in [9.17, 15) is 4.79 Å². The van der Waals surface area contributed by atoms with Crippen LogP contribution in [-0.4, -0.2) is 75.2 Å². The maximum atomic E-state index is 11.9. The fourth-order valence-electron chi connectivity index (χ4n) is 3.54. The molecule has 0 saturated carbocycles. The van der Waals surface area contributed by atoms with Crippen LogP contribution in [0.1, 0.15) is 19.3 Å². The highest BCUT2D eigenvalue weighted by Gasteiger charge is 2.45. The number of carbonyl (C=O) groups excluding carboxylic acids is 1. The second-order valence-electron chi connectivity index (χ2n) is 5.83. The first kappa shape index (κ1) is 14.3. The summed E-state index contributed by atoms with van der Waals surface area (Å²) in [6.07, 6.45) is 2.84. The molecule has 6 heteroatoms. The van der Waals surface area contributed by atoms with Crippen molar-refractivity contribution in [1.29, 1.82) is 0 Å². The smallest absolute Gasteiger partial charge is 0.325 e. The normalized spacial score (nSPS) is 39.0. The molecule has 0 aromatic carbocycles. The summed E-state index contributed by atoms with van der Waals surface area (Å²) in [5.74, 6) is -0.201. The monoisotopic (exact) mass is 285 g/mol. The molecule has 3 heterocycles. The first-order valence-electron chi connectivity index (χ1n) is 7.37. The molecular formula is C14H23NO5. The lowest BCUT2D eigenvalue weighted by Crippen LogP contribution is -2.58. The molecule has 3 aliphatic heterocycles. The molecule has 3 saturated heterocycles. The van der Waals surface area contributed by atoms with E-state index in [0.29, 0.717) is 25.9 Å². The number of methoxy groups -OCH3 is 1. The van der Waals surface area contributed by atoms with Gasteiger partial charge in [0, 0.05) is 32.2 Å². The summed E-state index contributed by atoms with van der Waals surface area (Å²) in [5, 5.41) is 0. The molecule has 0 aliphatic carbocycles. The van der Waals surface area contributed by atoms with E-state index in [2.05, 4.69) is 4.90 Å². The van der Waals surface area contributed by atoms with Crippen molar-refractivity contribution in [1.82, 2.24) is 4.90 Å². The predicted octanol–water partition coefficient (Wildman–Crippen LogP) is 0.198. The van der Waals surface area contributed by atoms with Crippen molar-refractivity contribution >= 4 is 5.97 Å². The second kappa shape index (κ2) is 5.97. The van der Waals surface area contributed by atoms with E-state index in [0.717, 1.165) is 39.0 Å². The van der Waals surface area contributed by atoms with E-state index >= 15 is 0 Å². The van der Waals surface area contributed by atoms with Gasteiger partial charge in [-0.25, -0.2) is 0 Å². The maximum absolute atomic E-state index is 11.9. The third-order valence-corrected chi connectivity index (χ3v) is 4.65. The van der Waals surface area contributed by atoms with Crippen LogP contribution in [-0.2, 0) is 23.7 Å². The maximum Gasteiger partial charge on any atom is 0.325 e. The molecule has 1 spiro atoms. The average Bonchev–Trinajstić information content (AvgIpc) is 2.94. The van der Waals surface area contributed by atoms with Crippen LogP contribution >= 0.6 is 0 Å². The van der Waals surface area contributed by atoms with Gasteiger partial charge in [0.15, 0.2) is 0 Å². The molecule has 0 aromatic heterocycles. The van der Waals surface area contributed by atoms with Crippen LogP contribution in [0.15, 0.2) is 0 Å². The minimum Gasteiger partial charge on any atom is -0.468 e. The minimum atomic E-state index is -0.281. The zero-order valence-electron chi connectivity index (χ0n) is 12.0. The lowest BCUT2D eigenvalue weighted by atomic mass is 9.88. The third-order valence-electron chi connectivity index (χ3n) is 4.65. The van der Waals surface area contributed by atoms with Crippen molar-refractivity contribution in [2.75, 3.05) is 46.7 Å². The Hall–Kier alpha value is -0.690. The van der Waals surface area contributed by atoms with Crippen molar-refractivity contribution < 1.29 is 23.7 Å². The predicted molar refractivity (Wildman–Crippen MR) is 70.5 cm³/mol. The Kier molecular flexibility index (Phi) is 4.26. The summed E-state index contributed by atoms with van der Waals surface area (Å²) in [6, 6.07) is 0.0645. The van der Waals surface area contributed by atoms with Crippen molar-refractivity contribution in [2.45, 2.75) is 36.9 Å². The summed E-state index contributed by atoms with van der Waals surface area (Å²) in [5.41, 5.74) is -0.137. The molecule has 0 bridgehead atoms. The van der Waals surface area contributed by atoms with Gasteiger partial charge in [-0.15, -0.1) is 0 Å². The summed E-state index contributed by atoms with van der Waals surface area (Å²) in [4.78, 5) is 14.2. The molecule has 3 unspecified atom stereocenters. The van der Waals surface area contributed by atoms with Crippen molar-refractivity contribution in [2.24, 2.45) is 0 Å². The first-order valence-corrected chi connectivity index (χ1v) is 7.37. The molecule has 6 nitrogen and oxygen atoms in total. The zero-order chi connectivity index (χ0) is 14.0. The number of rotatable bonds is 2. The van der Waals surface area contributed by atoms with Gasteiger partial charge < -0.3 is 18.9 Å². The Morgan fingerprint density at radius 3 is 2.95 bits per heavy atom. The number of hydrogen-bond donors (Lipinski definition) is 0. The largest absolute Gasteiger partial charge is 0.468 e. The van der Waals surface area contributed by atoms with Crippen molar-refractivity contribution in [3.63, 3.8) is 0 Å². The molecule has 0 N–H and O–H groups in total. The Morgan fingerprint density at radius 2 is 2.20 bits per heavy atom. The molecule has 3 aliphatic rings. The number of morpholine rings is 1. The third kappa shape index (κ3) is 2.70. The second-order valence-corrected chi connectivity index (χ2v) is 5.83. The van der Waals surface area contributed by atoms with Crippen LogP contribution in [0, 0.1) is 0 Å². The van der Waals surface area contributed by atoms with E-state index in [1.165, 1.54) is 7.11 Å². The topological polar surface area (TPSA) is 57.2 Å². The molecule has 0 radical (unpaired) electrons. The van der Waals surface area contributed by atoms with Gasteiger partial charge in [-0.05, 0) is 12.8 Å². The van der Waals surface area contributed by atoms with Crippen LogP contribution in [0.25, 0.3) is 0 Å². The number of carbonyl (C=O) groups is 1. The summed E-state index contributed by atoms with van der Waals surface area (Å²) in [6.45, 7) is 4.07. The molecule has 114 valence electrons. The molecular weight excluding hydrogens is 262 g/mol. The standard InChI is InChI=1S/C14H23NO5/c1-17-13(16)12-9-18-7-4-15(12)11-2-5-20-14(8-11)3-6-19-10-14/h11-12H,2-10H2,1H3. The molecule has 3 rings (SSSR count). The van der Waals surface area contributed by atoms with Gasteiger partial charge in [-0.1, -0.05) is 0 Å². The van der Waals surface area contributed by atoms with Crippen LogP contribution in [0.3, 0.4) is 0 Å². The number of ether oxygens (including phenoxy) is 4.